The van der Waals surface area contributed by atoms with Gasteiger partial charge in [0.2, 0.25) is 11.8 Å². The van der Waals surface area contributed by atoms with Crippen LogP contribution in [-0.2, 0) is 20.7 Å². The number of rotatable bonds is 7. The summed E-state index contributed by atoms with van der Waals surface area (Å²) in [6.07, 6.45) is 12.3. The number of carbonyl (C=O) groups excluding carboxylic acids is 2. The molecule has 0 saturated heterocycles. The van der Waals surface area contributed by atoms with Crippen LogP contribution in [0.3, 0.4) is 0 Å². The van der Waals surface area contributed by atoms with Crippen molar-refractivity contribution in [3.05, 3.63) is 71.3 Å². The largest absolute Gasteiger partial charge is 0.390 e. The average Bonchev–Trinajstić information content (AvgIpc) is 3.32. The SMILES string of the molecule is CCCC[C@H](C)C(=O)N(C)[C@H]1CC=CCO[C@H]2C[C@@H](NC[C@@H](O)[C@H](Cc3ccccc3)NC1=O)C1C=C(C)C=C(C)C12. The summed E-state index contributed by atoms with van der Waals surface area (Å²) in [5, 5.41) is 18.3. The van der Waals surface area contributed by atoms with Crippen LogP contribution in [0.15, 0.2) is 65.8 Å². The quantitative estimate of drug-likeness (QED) is 0.413. The van der Waals surface area contributed by atoms with E-state index in [-0.39, 0.29) is 29.9 Å². The molecule has 1 saturated carbocycles. The molecule has 2 amide bonds. The molecule has 42 heavy (non-hydrogen) atoms. The van der Waals surface area contributed by atoms with Crippen molar-refractivity contribution in [3.63, 3.8) is 0 Å². The van der Waals surface area contributed by atoms with Gasteiger partial charge in [-0.05, 0) is 45.1 Å². The molecule has 3 N–H and O–H groups in total. The smallest absolute Gasteiger partial charge is 0.243 e. The number of benzene rings is 1. The Labute approximate surface area is 252 Å². The molecule has 8 atom stereocenters. The first-order valence-electron chi connectivity index (χ1n) is 15.8. The van der Waals surface area contributed by atoms with Crippen LogP contribution < -0.4 is 10.6 Å². The molecule has 3 aliphatic rings. The summed E-state index contributed by atoms with van der Waals surface area (Å²) in [5.41, 5.74) is 3.64. The molecule has 1 aliphatic heterocycles. The number of aliphatic hydroxyl groups is 1. The Bertz CT molecular complexity index is 1150. The van der Waals surface area contributed by atoms with Crippen LogP contribution in [0.4, 0.5) is 0 Å². The molecule has 1 aromatic rings. The van der Waals surface area contributed by atoms with E-state index in [9.17, 15) is 14.7 Å². The lowest BCUT2D eigenvalue weighted by Gasteiger charge is -2.33. The summed E-state index contributed by atoms with van der Waals surface area (Å²) >= 11 is 0. The zero-order valence-corrected chi connectivity index (χ0v) is 26.1. The molecule has 7 nitrogen and oxygen atoms in total. The molecule has 0 aromatic heterocycles. The molecule has 1 fully saturated rings. The maximum absolute atomic E-state index is 13.9. The molecular weight excluding hydrogens is 526 g/mol. The zero-order chi connectivity index (χ0) is 30.2. The van der Waals surface area contributed by atoms with Crippen molar-refractivity contribution in [2.75, 3.05) is 20.2 Å². The number of unbranched alkanes of at least 4 members (excludes halogenated alkanes) is 1. The highest BCUT2D eigenvalue weighted by atomic mass is 16.5. The molecule has 0 radical (unpaired) electrons. The van der Waals surface area contributed by atoms with E-state index in [4.69, 9.17) is 4.74 Å². The number of allylic oxidation sites excluding steroid dienone is 2. The second-order valence-corrected chi connectivity index (χ2v) is 12.6. The number of carbonyl (C=O) groups is 2. The van der Waals surface area contributed by atoms with E-state index in [2.05, 4.69) is 43.6 Å². The number of aliphatic hydroxyl groups excluding tert-OH is 1. The van der Waals surface area contributed by atoms with E-state index in [0.717, 1.165) is 31.2 Å². The Morgan fingerprint density at radius 2 is 1.95 bits per heavy atom. The number of nitrogens with one attached hydrogen (secondary N) is 2. The van der Waals surface area contributed by atoms with E-state index in [1.807, 2.05) is 49.4 Å². The third kappa shape index (κ3) is 8.00. The van der Waals surface area contributed by atoms with Crippen molar-refractivity contribution in [3.8, 4) is 0 Å². The number of amides is 2. The summed E-state index contributed by atoms with van der Waals surface area (Å²) < 4.78 is 6.42. The van der Waals surface area contributed by atoms with Crippen molar-refractivity contribution >= 4 is 11.8 Å². The number of hydrogen-bond donors (Lipinski definition) is 3. The van der Waals surface area contributed by atoms with Crippen LogP contribution in [-0.4, -0.2) is 72.4 Å². The first-order chi connectivity index (χ1) is 20.2. The van der Waals surface area contributed by atoms with Gasteiger partial charge in [0.15, 0.2) is 0 Å². The highest BCUT2D eigenvalue weighted by molar-refractivity contribution is 5.88. The summed E-state index contributed by atoms with van der Waals surface area (Å²) in [7, 11) is 1.73. The lowest BCUT2D eigenvalue weighted by atomic mass is 9.81. The molecule has 1 heterocycles. The number of hydrogen-bond acceptors (Lipinski definition) is 5. The number of fused-ring (bicyclic) bond motifs is 5. The molecule has 230 valence electrons. The van der Waals surface area contributed by atoms with Gasteiger partial charge >= 0.3 is 0 Å². The zero-order valence-electron chi connectivity index (χ0n) is 26.1. The van der Waals surface area contributed by atoms with Crippen LogP contribution in [0.1, 0.15) is 65.4 Å². The van der Waals surface area contributed by atoms with Crippen molar-refractivity contribution in [2.45, 2.75) is 96.6 Å². The van der Waals surface area contributed by atoms with E-state index >= 15 is 0 Å². The Kier molecular flexibility index (Phi) is 11.6. The van der Waals surface area contributed by atoms with Gasteiger partial charge in [-0.1, -0.05) is 92.5 Å². The van der Waals surface area contributed by atoms with Crippen LogP contribution in [0.2, 0.25) is 0 Å². The molecule has 4 rings (SSSR count). The van der Waals surface area contributed by atoms with Crippen LogP contribution >= 0.6 is 0 Å². The average molecular weight is 578 g/mol. The standard InChI is InChI=1S/C35H51N3O4/c1-6-7-13-24(3)35(41)38(5)30-16-11-12-17-42-32-21-28(27-19-23(2)18-25(4)33(27)32)36-22-31(39)29(37-34(30)40)20-26-14-9-8-10-15-26/h8-12,14-15,18-19,24,27-33,36,39H,6-7,13,16-17,20-22H2,1-5H3,(H,37,40)/t24-,27?,28+,29-,30-,31+,32-,33?/m0/s1. The van der Waals surface area contributed by atoms with Crippen molar-refractivity contribution < 1.29 is 19.4 Å². The fourth-order valence-electron chi connectivity index (χ4n) is 6.96. The summed E-state index contributed by atoms with van der Waals surface area (Å²) in [6.45, 7) is 9.19. The summed E-state index contributed by atoms with van der Waals surface area (Å²) in [5.74, 6) is 0.159. The fourth-order valence-corrected chi connectivity index (χ4v) is 6.96. The van der Waals surface area contributed by atoms with Gasteiger partial charge in [-0.3, -0.25) is 9.59 Å². The maximum Gasteiger partial charge on any atom is 0.243 e. The fraction of sp³-hybridized carbons (Fsp3) is 0.600. The Morgan fingerprint density at radius 1 is 1.19 bits per heavy atom. The first kappa shape index (κ1) is 32.2. The third-order valence-corrected chi connectivity index (χ3v) is 9.34. The van der Waals surface area contributed by atoms with Gasteiger partial charge < -0.3 is 25.4 Å². The van der Waals surface area contributed by atoms with E-state index in [1.165, 1.54) is 11.1 Å². The number of nitrogens with zero attached hydrogens (tertiary/aromatic N) is 1. The van der Waals surface area contributed by atoms with Gasteiger partial charge in [0.05, 0.1) is 24.9 Å². The molecule has 1 aromatic carbocycles. The van der Waals surface area contributed by atoms with Gasteiger partial charge in [-0.2, -0.15) is 0 Å². The summed E-state index contributed by atoms with van der Waals surface area (Å²) in [4.78, 5) is 28.8. The van der Waals surface area contributed by atoms with Gasteiger partial charge in [0, 0.05) is 37.4 Å². The van der Waals surface area contributed by atoms with Crippen molar-refractivity contribution in [1.29, 1.82) is 0 Å². The Morgan fingerprint density at radius 3 is 2.69 bits per heavy atom. The first-order valence-corrected chi connectivity index (χ1v) is 15.8. The topological polar surface area (TPSA) is 90.9 Å². The van der Waals surface area contributed by atoms with Gasteiger partial charge in [0.25, 0.3) is 0 Å². The van der Waals surface area contributed by atoms with E-state index in [1.54, 1.807) is 11.9 Å². The minimum atomic E-state index is -0.816. The van der Waals surface area contributed by atoms with Gasteiger partial charge in [0.1, 0.15) is 6.04 Å². The molecule has 0 spiro atoms. The predicted octanol–water partition coefficient (Wildman–Crippen LogP) is 4.57. The minimum absolute atomic E-state index is 0.0285. The minimum Gasteiger partial charge on any atom is -0.390 e. The number of β-amino-alcohol motifs (C(OH)–C–C–N with tert-alkyl or cyclic N) is 1. The number of likely N-dealkylation sites (N-methyl/N-ethyl adjacent to an activating group) is 1. The molecule has 2 bridgehead atoms. The normalized spacial score (nSPS) is 31.1. The second kappa shape index (κ2) is 15.1. The van der Waals surface area contributed by atoms with Crippen LogP contribution in [0, 0.1) is 17.8 Å². The molecule has 2 unspecified atom stereocenters. The molecular formula is C35H51N3O4. The third-order valence-electron chi connectivity index (χ3n) is 9.34. The predicted molar refractivity (Wildman–Crippen MR) is 168 cm³/mol. The summed E-state index contributed by atoms with van der Waals surface area (Å²) in [6, 6.07) is 8.90. The second-order valence-electron chi connectivity index (χ2n) is 12.6. The van der Waals surface area contributed by atoms with Gasteiger partial charge in [-0.25, -0.2) is 0 Å². The lowest BCUT2D eigenvalue weighted by Crippen LogP contribution is -2.56. The Balaban J connectivity index is 1.60. The highest BCUT2D eigenvalue weighted by Gasteiger charge is 2.45. The van der Waals surface area contributed by atoms with Crippen molar-refractivity contribution in [1.82, 2.24) is 15.5 Å². The molecule has 2 aliphatic carbocycles. The Hall–Kier alpha value is -2.74. The molecule has 7 heteroatoms. The van der Waals surface area contributed by atoms with Gasteiger partial charge in [-0.15, -0.1) is 0 Å². The highest BCUT2D eigenvalue weighted by Crippen LogP contribution is 2.43. The van der Waals surface area contributed by atoms with E-state index in [0.29, 0.717) is 37.8 Å². The van der Waals surface area contributed by atoms with Crippen LogP contribution in [0.25, 0.3) is 0 Å². The maximum atomic E-state index is 13.9. The number of ether oxygens (including phenoxy) is 1. The van der Waals surface area contributed by atoms with Crippen LogP contribution in [0.5, 0.6) is 0 Å². The lowest BCUT2D eigenvalue weighted by molar-refractivity contribution is -0.142. The monoisotopic (exact) mass is 577 g/mol. The van der Waals surface area contributed by atoms with Crippen molar-refractivity contribution in [2.24, 2.45) is 17.8 Å². The van der Waals surface area contributed by atoms with E-state index < -0.39 is 18.2 Å².